The Morgan fingerprint density at radius 3 is 2.37 bits per heavy atom. The van der Waals surface area contributed by atoms with Crippen molar-refractivity contribution in [3.8, 4) is 0 Å². The summed E-state index contributed by atoms with van der Waals surface area (Å²) in [6.45, 7) is 1.91. The predicted octanol–water partition coefficient (Wildman–Crippen LogP) is 7.31. The van der Waals surface area contributed by atoms with Gasteiger partial charge in [-0.25, -0.2) is 4.79 Å². The Morgan fingerprint density at radius 2 is 1.57 bits per heavy atom. The second kappa shape index (κ2) is 11.1. The molecule has 5 rings (SSSR count). The molecule has 4 aromatic rings. The lowest BCUT2D eigenvalue weighted by Crippen LogP contribution is -2.47. The van der Waals surface area contributed by atoms with E-state index in [1.807, 2.05) is 30.3 Å². The van der Waals surface area contributed by atoms with Crippen LogP contribution in [-0.4, -0.2) is 30.2 Å². The number of rotatable bonds is 6. The zero-order valence-corrected chi connectivity index (χ0v) is 21.1. The molecule has 2 unspecified atom stereocenters. The summed E-state index contributed by atoms with van der Waals surface area (Å²) in [6, 6.07) is 33.0. The van der Waals surface area contributed by atoms with Crippen LogP contribution in [0.4, 0.5) is 4.79 Å². The topological polar surface area (TPSA) is 38.8 Å². The highest BCUT2D eigenvalue weighted by molar-refractivity contribution is 9.10. The number of hydrogen-bond donors (Lipinski definition) is 0. The van der Waals surface area contributed by atoms with Gasteiger partial charge in [0.15, 0.2) is 0 Å². The Balaban J connectivity index is 1.29. The molecule has 0 aliphatic carbocycles. The molecule has 1 heterocycles. The fourth-order valence-corrected chi connectivity index (χ4v) is 4.95. The summed E-state index contributed by atoms with van der Waals surface area (Å²) >= 11 is 3.53. The summed E-state index contributed by atoms with van der Waals surface area (Å²) < 4.78 is 13.2. The van der Waals surface area contributed by atoms with Crippen LogP contribution in [0.3, 0.4) is 0 Å². The molecule has 0 spiro atoms. The van der Waals surface area contributed by atoms with Gasteiger partial charge in [0.2, 0.25) is 0 Å². The molecule has 35 heavy (non-hydrogen) atoms. The summed E-state index contributed by atoms with van der Waals surface area (Å²) in [5.74, 6) is 0.210. The van der Waals surface area contributed by atoms with Gasteiger partial charge in [-0.15, -0.1) is 0 Å². The molecule has 1 saturated heterocycles. The van der Waals surface area contributed by atoms with Crippen LogP contribution < -0.4 is 0 Å². The third kappa shape index (κ3) is 5.92. The van der Waals surface area contributed by atoms with Gasteiger partial charge in [-0.1, -0.05) is 94.8 Å². The molecule has 1 fully saturated rings. The van der Waals surface area contributed by atoms with Gasteiger partial charge in [0.05, 0.1) is 19.3 Å². The summed E-state index contributed by atoms with van der Waals surface area (Å²) in [4.78, 5) is 14.6. The molecule has 1 amide bonds. The smallest absolute Gasteiger partial charge is 0.410 e. The van der Waals surface area contributed by atoms with Gasteiger partial charge < -0.3 is 14.4 Å². The second-order valence-electron chi connectivity index (χ2n) is 8.96. The third-order valence-electron chi connectivity index (χ3n) is 6.60. The zero-order chi connectivity index (χ0) is 24.0. The van der Waals surface area contributed by atoms with E-state index < -0.39 is 0 Å². The summed E-state index contributed by atoms with van der Waals surface area (Å²) in [6.07, 6.45) is 0.410. The molecule has 4 nitrogen and oxygen atoms in total. The Labute approximate surface area is 214 Å². The van der Waals surface area contributed by atoms with Crippen LogP contribution in [0, 0.1) is 0 Å². The van der Waals surface area contributed by atoms with E-state index in [1.165, 1.54) is 16.3 Å². The Kier molecular flexibility index (Phi) is 7.45. The van der Waals surface area contributed by atoms with Crippen molar-refractivity contribution in [2.45, 2.75) is 31.7 Å². The minimum atomic E-state index is -0.289. The minimum absolute atomic E-state index is 0.124. The van der Waals surface area contributed by atoms with Crippen molar-refractivity contribution in [1.82, 2.24) is 4.90 Å². The first-order valence-electron chi connectivity index (χ1n) is 12.0. The third-order valence-corrected chi connectivity index (χ3v) is 7.13. The predicted molar refractivity (Wildman–Crippen MR) is 142 cm³/mol. The number of benzene rings is 4. The first kappa shape index (κ1) is 23.6. The molecule has 0 bridgehead atoms. The number of ether oxygens (including phenoxy) is 2. The van der Waals surface area contributed by atoms with Crippen LogP contribution in [0.1, 0.15) is 29.0 Å². The molecule has 1 aliphatic rings. The van der Waals surface area contributed by atoms with Crippen LogP contribution >= 0.6 is 15.9 Å². The monoisotopic (exact) mass is 529 g/mol. The number of halogens is 1. The van der Waals surface area contributed by atoms with Crippen molar-refractivity contribution in [1.29, 1.82) is 0 Å². The maximum atomic E-state index is 12.9. The van der Waals surface area contributed by atoms with E-state index in [2.05, 4.69) is 82.7 Å². The largest absolute Gasteiger partial charge is 0.445 e. The van der Waals surface area contributed by atoms with E-state index in [0.717, 1.165) is 22.0 Å². The van der Waals surface area contributed by atoms with Gasteiger partial charge in [0.1, 0.15) is 6.61 Å². The molecule has 0 radical (unpaired) electrons. The number of fused-ring (bicyclic) bond motifs is 1. The number of piperidine rings is 1. The average Bonchev–Trinajstić information content (AvgIpc) is 2.91. The van der Waals surface area contributed by atoms with Crippen LogP contribution in [0.5, 0.6) is 0 Å². The van der Waals surface area contributed by atoms with Gasteiger partial charge >= 0.3 is 6.09 Å². The van der Waals surface area contributed by atoms with Gasteiger partial charge in [0.25, 0.3) is 0 Å². The van der Waals surface area contributed by atoms with Crippen LogP contribution in [0.25, 0.3) is 10.8 Å². The molecule has 0 N–H and O–H groups in total. The fraction of sp³-hybridized carbons (Fsp3) is 0.233. The van der Waals surface area contributed by atoms with E-state index >= 15 is 0 Å². The van der Waals surface area contributed by atoms with E-state index in [9.17, 15) is 4.79 Å². The van der Waals surface area contributed by atoms with E-state index in [1.54, 1.807) is 4.90 Å². The first-order chi connectivity index (χ1) is 17.2. The second-order valence-corrected chi connectivity index (χ2v) is 9.88. The Hall–Kier alpha value is -3.15. The van der Waals surface area contributed by atoms with Crippen molar-refractivity contribution in [2.24, 2.45) is 0 Å². The molecule has 5 heteroatoms. The van der Waals surface area contributed by atoms with Crippen LogP contribution in [0.2, 0.25) is 0 Å². The van der Waals surface area contributed by atoms with Gasteiger partial charge in [-0.05, 0) is 52.1 Å². The molecule has 0 saturated carbocycles. The number of carbonyl (C=O) groups is 1. The van der Waals surface area contributed by atoms with Crippen molar-refractivity contribution in [3.63, 3.8) is 0 Å². The fourth-order valence-electron chi connectivity index (χ4n) is 4.68. The molecule has 1 aliphatic heterocycles. The van der Waals surface area contributed by atoms with Gasteiger partial charge in [-0.3, -0.25) is 0 Å². The summed E-state index contributed by atoms with van der Waals surface area (Å²) in [5.41, 5.74) is 3.34. The van der Waals surface area contributed by atoms with Crippen LogP contribution in [0.15, 0.2) is 102 Å². The lowest BCUT2D eigenvalue weighted by molar-refractivity contribution is -0.0245. The molecular formula is C30H28BrNO3. The maximum absolute atomic E-state index is 12.9. The number of hydrogen-bond acceptors (Lipinski definition) is 3. The maximum Gasteiger partial charge on any atom is 0.410 e. The van der Waals surface area contributed by atoms with Crippen molar-refractivity contribution < 1.29 is 14.3 Å². The highest BCUT2D eigenvalue weighted by Gasteiger charge is 2.34. The minimum Gasteiger partial charge on any atom is -0.445 e. The lowest BCUT2D eigenvalue weighted by Gasteiger charge is -2.38. The number of likely N-dealkylation sites (tertiary alicyclic amines) is 1. The Morgan fingerprint density at radius 1 is 0.829 bits per heavy atom. The lowest BCUT2D eigenvalue weighted by atomic mass is 9.87. The highest BCUT2D eigenvalue weighted by atomic mass is 79.9. The summed E-state index contributed by atoms with van der Waals surface area (Å²) in [5, 5.41) is 2.42. The molecule has 2 atom stereocenters. The average molecular weight is 530 g/mol. The van der Waals surface area contributed by atoms with E-state index in [4.69, 9.17) is 9.47 Å². The quantitative estimate of drug-likeness (QED) is 0.262. The van der Waals surface area contributed by atoms with Crippen molar-refractivity contribution in [3.05, 3.63) is 118 Å². The normalized spacial score (nSPS) is 17.9. The van der Waals surface area contributed by atoms with Gasteiger partial charge in [-0.2, -0.15) is 0 Å². The molecule has 0 aromatic heterocycles. The first-order valence-corrected chi connectivity index (χ1v) is 12.8. The van der Waals surface area contributed by atoms with Gasteiger partial charge in [0, 0.05) is 16.9 Å². The number of carbonyl (C=O) groups excluding carboxylic acids is 1. The van der Waals surface area contributed by atoms with E-state index in [-0.39, 0.29) is 24.7 Å². The summed E-state index contributed by atoms with van der Waals surface area (Å²) in [7, 11) is 0. The van der Waals surface area contributed by atoms with E-state index in [0.29, 0.717) is 19.7 Å². The van der Waals surface area contributed by atoms with Crippen molar-refractivity contribution >= 4 is 32.8 Å². The number of nitrogens with zero attached hydrogens (tertiary/aromatic N) is 1. The van der Waals surface area contributed by atoms with Crippen molar-refractivity contribution in [2.75, 3.05) is 13.1 Å². The highest BCUT2D eigenvalue weighted by Crippen LogP contribution is 2.32. The molecule has 4 aromatic carbocycles. The Bertz CT molecular complexity index is 1280. The molecule has 178 valence electrons. The molecular weight excluding hydrogens is 502 g/mol. The number of amides is 1. The zero-order valence-electron chi connectivity index (χ0n) is 19.5. The van der Waals surface area contributed by atoms with Crippen LogP contribution in [-0.2, 0) is 22.7 Å². The SMILES string of the molecule is O=C(OCc1ccccc1)N1CCC(c2ccc(Br)cc2)C(OCc2ccc3ccccc3c2)C1. The standard InChI is InChI=1S/C30H28BrNO3/c31-27-14-12-25(13-15-27)28-16-17-32(30(33)35-20-22-6-2-1-3-7-22)19-29(28)34-21-23-10-11-24-8-4-5-9-26(24)18-23/h1-15,18,28-29H,16-17,19-21H2.